The van der Waals surface area contributed by atoms with Gasteiger partial charge in [0, 0.05) is 16.6 Å². The second-order valence-corrected chi connectivity index (χ2v) is 7.88. The van der Waals surface area contributed by atoms with Crippen LogP contribution in [0.15, 0.2) is 78.9 Å². The highest BCUT2D eigenvalue weighted by molar-refractivity contribution is 6.03. The molecule has 3 aromatic carbocycles. The van der Waals surface area contributed by atoms with E-state index < -0.39 is 5.97 Å². The molecule has 0 aliphatic carbocycles. The lowest BCUT2D eigenvalue weighted by Gasteiger charge is -2.09. The van der Waals surface area contributed by atoms with Crippen LogP contribution in [0.4, 0.5) is 0 Å². The molecule has 0 saturated heterocycles. The van der Waals surface area contributed by atoms with Crippen molar-refractivity contribution >= 4 is 22.8 Å². The summed E-state index contributed by atoms with van der Waals surface area (Å²) in [5.41, 5.74) is 5.43. The Bertz CT molecular complexity index is 1220. The number of fused-ring (bicyclic) bond motifs is 1. The molecule has 0 fully saturated rings. The summed E-state index contributed by atoms with van der Waals surface area (Å²) in [6.45, 7) is 1.88. The number of benzene rings is 3. The average Bonchev–Trinajstić information content (AvgIpc) is 3.11. The minimum Gasteiger partial charge on any atom is -0.481 e. The number of hydrogen-bond donors (Lipinski definition) is 1. The zero-order chi connectivity index (χ0) is 21.8. The van der Waals surface area contributed by atoms with Crippen molar-refractivity contribution in [2.24, 2.45) is 0 Å². The maximum Gasteiger partial charge on any atom is 0.307 e. The van der Waals surface area contributed by atoms with Crippen LogP contribution in [0, 0.1) is 6.92 Å². The summed E-state index contributed by atoms with van der Waals surface area (Å²) in [5, 5.41) is 9.98. The molecule has 4 rings (SSSR count). The van der Waals surface area contributed by atoms with Crippen LogP contribution < -0.4 is 0 Å². The normalized spacial score (nSPS) is 11.0. The molecule has 0 radical (unpaired) electrons. The molecule has 0 bridgehead atoms. The number of nitrogens with zero attached hydrogens (tertiary/aromatic N) is 1. The van der Waals surface area contributed by atoms with Gasteiger partial charge in [-0.05, 0) is 67.1 Å². The Morgan fingerprint density at radius 2 is 1.52 bits per heavy atom. The molecule has 1 N–H and O–H groups in total. The van der Waals surface area contributed by atoms with Crippen LogP contribution in [0.5, 0.6) is 0 Å². The van der Waals surface area contributed by atoms with Crippen LogP contribution in [0.3, 0.4) is 0 Å². The molecule has 0 saturated carbocycles. The number of aromatic nitrogens is 1. The fourth-order valence-electron chi connectivity index (χ4n) is 4.10. The Morgan fingerprint density at radius 1 is 0.839 bits per heavy atom. The van der Waals surface area contributed by atoms with Crippen molar-refractivity contribution in [2.75, 3.05) is 0 Å². The predicted molar refractivity (Wildman–Crippen MR) is 123 cm³/mol. The van der Waals surface area contributed by atoms with Crippen molar-refractivity contribution in [3.63, 3.8) is 0 Å². The molecule has 31 heavy (non-hydrogen) atoms. The second-order valence-electron chi connectivity index (χ2n) is 7.88. The Balaban J connectivity index is 1.51. The lowest BCUT2D eigenvalue weighted by Crippen LogP contribution is -2.13. The number of carboxylic acids is 1. The summed E-state index contributed by atoms with van der Waals surface area (Å²) in [7, 11) is 0. The topological polar surface area (TPSA) is 59.3 Å². The number of rotatable bonds is 7. The van der Waals surface area contributed by atoms with Gasteiger partial charge in [0.2, 0.25) is 0 Å². The van der Waals surface area contributed by atoms with Gasteiger partial charge in [-0.15, -0.1) is 0 Å². The van der Waals surface area contributed by atoms with Gasteiger partial charge in [-0.3, -0.25) is 14.2 Å². The molecule has 156 valence electrons. The first kappa shape index (κ1) is 20.6. The molecule has 0 atom stereocenters. The molecular formula is C27H25NO3. The van der Waals surface area contributed by atoms with Crippen molar-refractivity contribution in [3.8, 4) is 0 Å². The molecule has 0 spiro atoms. The van der Waals surface area contributed by atoms with E-state index in [9.17, 15) is 9.59 Å². The summed E-state index contributed by atoms with van der Waals surface area (Å²) in [6, 6.07) is 25.6. The van der Waals surface area contributed by atoms with Crippen LogP contribution in [-0.4, -0.2) is 21.6 Å². The zero-order valence-corrected chi connectivity index (χ0v) is 17.5. The first-order valence-corrected chi connectivity index (χ1v) is 10.5. The fourth-order valence-corrected chi connectivity index (χ4v) is 4.10. The minimum atomic E-state index is -0.882. The first-order chi connectivity index (χ1) is 15.0. The molecule has 0 unspecified atom stereocenters. The van der Waals surface area contributed by atoms with E-state index in [1.54, 1.807) is 16.7 Å². The van der Waals surface area contributed by atoms with Gasteiger partial charge < -0.3 is 5.11 Å². The average molecular weight is 412 g/mol. The maximum absolute atomic E-state index is 13.2. The predicted octanol–water partition coefficient (Wildman–Crippen LogP) is 5.44. The molecule has 4 nitrogen and oxygen atoms in total. The summed E-state index contributed by atoms with van der Waals surface area (Å²) in [5.74, 6) is -0.983. The highest BCUT2D eigenvalue weighted by Crippen LogP contribution is 2.25. The van der Waals surface area contributed by atoms with Crippen LogP contribution in [-0.2, 0) is 24.1 Å². The van der Waals surface area contributed by atoms with Crippen LogP contribution in [0.25, 0.3) is 10.9 Å². The number of carbonyl (C=O) groups excluding carboxylic acids is 1. The van der Waals surface area contributed by atoms with Crippen LogP contribution >= 0.6 is 0 Å². The van der Waals surface area contributed by atoms with Gasteiger partial charge in [0.1, 0.15) is 0 Å². The summed E-state index contributed by atoms with van der Waals surface area (Å²) in [4.78, 5) is 24.4. The van der Waals surface area contributed by atoms with Crippen LogP contribution in [0.1, 0.15) is 39.2 Å². The van der Waals surface area contributed by atoms with Gasteiger partial charge in [-0.25, -0.2) is 0 Å². The summed E-state index contributed by atoms with van der Waals surface area (Å²) >= 11 is 0. The van der Waals surface area contributed by atoms with E-state index in [1.807, 2.05) is 49.4 Å². The minimum absolute atomic E-state index is 0.0628. The SMILES string of the molecule is Cc1cc2c(CC(=O)O)cccc2n1C(=O)c1ccc(CCCc2ccccc2)cc1. The molecule has 0 amide bonds. The zero-order valence-electron chi connectivity index (χ0n) is 17.5. The smallest absolute Gasteiger partial charge is 0.307 e. The summed E-state index contributed by atoms with van der Waals surface area (Å²) in [6.07, 6.45) is 3.00. The number of aryl methyl sites for hydroxylation is 3. The van der Waals surface area contributed by atoms with E-state index in [-0.39, 0.29) is 12.3 Å². The molecule has 4 heteroatoms. The largest absolute Gasteiger partial charge is 0.481 e. The van der Waals surface area contributed by atoms with E-state index in [0.29, 0.717) is 11.1 Å². The van der Waals surface area contributed by atoms with E-state index >= 15 is 0 Å². The quantitative estimate of drug-likeness (QED) is 0.440. The van der Waals surface area contributed by atoms with Gasteiger partial charge in [0.05, 0.1) is 11.9 Å². The van der Waals surface area contributed by atoms with Gasteiger partial charge >= 0.3 is 5.97 Å². The van der Waals surface area contributed by atoms with E-state index in [2.05, 4.69) is 24.3 Å². The highest BCUT2D eigenvalue weighted by atomic mass is 16.4. The van der Waals surface area contributed by atoms with Gasteiger partial charge in [0.25, 0.3) is 5.91 Å². The molecular weight excluding hydrogens is 386 g/mol. The third-order valence-electron chi connectivity index (χ3n) is 5.64. The number of aliphatic carboxylic acids is 1. The highest BCUT2D eigenvalue weighted by Gasteiger charge is 2.17. The number of carbonyl (C=O) groups is 2. The standard InChI is InChI=1S/C27H25NO3/c1-19-17-24-23(18-26(29)30)11-6-12-25(24)28(19)27(31)22-15-13-21(14-16-22)10-5-9-20-7-3-2-4-8-20/h2-4,6-8,11-17H,5,9-10,18H2,1H3,(H,29,30). The van der Waals surface area contributed by atoms with Gasteiger partial charge in [-0.1, -0.05) is 54.6 Å². The second kappa shape index (κ2) is 9.00. The first-order valence-electron chi connectivity index (χ1n) is 10.5. The molecule has 0 aliphatic heterocycles. The van der Waals surface area contributed by atoms with Crippen molar-refractivity contribution in [3.05, 3.63) is 107 Å². The van der Waals surface area contributed by atoms with Gasteiger partial charge in [-0.2, -0.15) is 0 Å². The third kappa shape index (κ3) is 4.58. The molecule has 4 aromatic rings. The lowest BCUT2D eigenvalue weighted by atomic mass is 10.0. The maximum atomic E-state index is 13.2. The molecule has 1 heterocycles. The Labute approximate surface area is 181 Å². The number of carboxylic acid groups (broad SMARTS) is 1. The van der Waals surface area contributed by atoms with Crippen LogP contribution in [0.2, 0.25) is 0 Å². The van der Waals surface area contributed by atoms with E-state index in [4.69, 9.17) is 5.11 Å². The molecule has 1 aromatic heterocycles. The fraction of sp³-hybridized carbons (Fsp3) is 0.185. The Morgan fingerprint density at radius 3 is 2.19 bits per heavy atom. The Kier molecular flexibility index (Phi) is 5.99. The molecule has 0 aliphatic rings. The Hall–Kier alpha value is -3.66. The lowest BCUT2D eigenvalue weighted by molar-refractivity contribution is -0.136. The monoisotopic (exact) mass is 411 g/mol. The third-order valence-corrected chi connectivity index (χ3v) is 5.64. The summed E-state index contributed by atoms with van der Waals surface area (Å²) < 4.78 is 1.67. The number of hydrogen-bond acceptors (Lipinski definition) is 2. The van der Waals surface area contributed by atoms with Crippen molar-refractivity contribution < 1.29 is 14.7 Å². The van der Waals surface area contributed by atoms with E-state index in [0.717, 1.165) is 35.9 Å². The van der Waals surface area contributed by atoms with Crippen molar-refractivity contribution in [1.82, 2.24) is 4.57 Å². The van der Waals surface area contributed by atoms with Crippen molar-refractivity contribution in [1.29, 1.82) is 0 Å². The van der Waals surface area contributed by atoms with Gasteiger partial charge in [0.15, 0.2) is 0 Å². The van der Waals surface area contributed by atoms with Crippen molar-refractivity contribution in [2.45, 2.75) is 32.6 Å². The van der Waals surface area contributed by atoms with E-state index in [1.165, 1.54) is 11.1 Å².